The van der Waals surface area contributed by atoms with Crippen LogP contribution in [0.3, 0.4) is 0 Å². The molecule has 0 radical (unpaired) electrons. The normalized spacial score (nSPS) is 12.8. The Morgan fingerprint density at radius 1 is 1.30 bits per heavy atom. The number of carbonyl (C=O) groups excluding carboxylic acids is 2. The number of nitrogens with two attached hydrogens (primary N) is 1. The Morgan fingerprint density at radius 2 is 1.85 bits per heavy atom. The topological polar surface area (TPSA) is 125 Å². The van der Waals surface area contributed by atoms with E-state index >= 15 is 0 Å². The number of rotatable bonds is 8. The van der Waals surface area contributed by atoms with Gasteiger partial charge < -0.3 is 26.4 Å². The molecular weight excluding hydrogens is 264 g/mol. The van der Waals surface area contributed by atoms with Crippen molar-refractivity contribution in [3.8, 4) is 0 Å². The number of aliphatic carboxylic acids is 1. The molecule has 0 fully saturated rings. The fourth-order valence-corrected chi connectivity index (χ4v) is 1.21. The number of carboxylic acids is 1. The van der Waals surface area contributed by atoms with Gasteiger partial charge in [-0.05, 0) is 34.4 Å². The lowest BCUT2D eigenvalue weighted by molar-refractivity contribution is -0.139. The number of primary amides is 1. The maximum absolute atomic E-state index is 11.7. The van der Waals surface area contributed by atoms with Crippen LogP contribution in [-0.2, 0) is 9.59 Å². The van der Waals surface area contributed by atoms with E-state index in [9.17, 15) is 14.4 Å². The van der Waals surface area contributed by atoms with Gasteiger partial charge in [-0.3, -0.25) is 4.79 Å². The number of hydrogen-bond donors (Lipinski definition) is 4. The van der Waals surface area contributed by atoms with Crippen molar-refractivity contribution in [1.82, 2.24) is 15.5 Å². The zero-order valence-corrected chi connectivity index (χ0v) is 12.4. The lowest BCUT2D eigenvalue weighted by Crippen LogP contribution is -2.53. The third-order valence-electron chi connectivity index (χ3n) is 3.18. The number of nitrogens with one attached hydrogen (secondary N) is 2. The molecule has 0 rings (SSSR count). The lowest BCUT2D eigenvalue weighted by atomic mass is 10.0. The number of urea groups is 1. The Balaban J connectivity index is 4.33. The van der Waals surface area contributed by atoms with Gasteiger partial charge in [-0.15, -0.1) is 0 Å². The molecule has 1 unspecified atom stereocenters. The summed E-state index contributed by atoms with van der Waals surface area (Å²) >= 11 is 0. The second-order valence-electron chi connectivity index (χ2n) is 5.43. The van der Waals surface area contributed by atoms with Crippen molar-refractivity contribution in [2.75, 3.05) is 20.6 Å². The van der Waals surface area contributed by atoms with Crippen LogP contribution in [-0.4, -0.2) is 60.1 Å². The third-order valence-corrected chi connectivity index (χ3v) is 3.18. The highest BCUT2D eigenvalue weighted by Crippen LogP contribution is 2.07. The first-order valence-electron chi connectivity index (χ1n) is 6.29. The van der Waals surface area contributed by atoms with Crippen molar-refractivity contribution in [2.45, 2.75) is 38.3 Å². The molecule has 0 spiro atoms. The highest BCUT2D eigenvalue weighted by Gasteiger charge is 2.24. The average molecular weight is 288 g/mol. The molecule has 0 aromatic heterocycles. The summed E-state index contributed by atoms with van der Waals surface area (Å²) in [6.07, 6.45) is -0.129. The SMILES string of the molecule is CN(C)C(C)(C)CNC(=O)NC(CCC(N)=O)C(=O)O. The van der Waals surface area contributed by atoms with E-state index in [1.165, 1.54) is 0 Å². The lowest BCUT2D eigenvalue weighted by Gasteiger charge is -2.32. The molecule has 8 nitrogen and oxygen atoms in total. The molecule has 0 aliphatic heterocycles. The predicted molar refractivity (Wildman–Crippen MR) is 74.2 cm³/mol. The van der Waals surface area contributed by atoms with Crippen LogP contribution in [0.4, 0.5) is 4.79 Å². The maximum Gasteiger partial charge on any atom is 0.326 e. The summed E-state index contributed by atoms with van der Waals surface area (Å²) in [5.41, 5.74) is 4.69. The fraction of sp³-hybridized carbons (Fsp3) is 0.750. The molecule has 0 saturated heterocycles. The van der Waals surface area contributed by atoms with Crippen molar-refractivity contribution >= 4 is 17.9 Å². The van der Waals surface area contributed by atoms with Crippen LogP contribution in [0.25, 0.3) is 0 Å². The standard InChI is InChI=1S/C12H24N4O4/c1-12(2,16(3)4)7-14-11(20)15-8(10(18)19)5-6-9(13)17/h8H,5-7H2,1-4H3,(H2,13,17)(H,18,19)(H2,14,15,20). The van der Waals surface area contributed by atoms with Crippen LogP contribution >= 0.6 is 0 Å². The van der Waals surface area contributed by atoms with Gasteiger partial charge in [0.2, 0.25) is 5.91 Å². The van der Waals surface area contributed by atoms with Gasteiger partial charge in [0, 0.05) is 18.5 Å². The van der Waals surface area contributed by atoms with Crippen molar-refractivity contribution in [3.63, 3.8) is 0 Å². The zero-order valence-electron chi connectivity index (χ0n) is 12.4. The van der Waals surface area contributed by atoms with Crippen LogP contribution in [0, 0.1) is 0 Å². The number of nitrogens with zero attached hydrogens (tertiary/aromatic N) is 1. The Labute approximate surface area is 118 Å². The van der Waals surface area contributed by atoms with Crippen LogP contribution in [0.1, 0.15) is 26.7 Å². The minimum Gasteiger partial charge on any atom is -0.480 e. The van der Waals surface area contributed by atoms with Crippen molar-refractivity contribution in [2.24, 2.45) is 5.73 Å². The first-order valence-corrected chi connectivity index (χ1v) is 6.29. The molecule has 5 N–H and O–H groups in total. The predicted octanol–water partition coefficient (Wildman–Crippen LogP) is -0.655. The van der Waals surface area contributed by atoms with Gasteiger partial charge in [-0.1, -0.05) is 0 Å². The molecule has 0 saturated carbocycles. The van der Waals surface area contributed by atoms with Crippen molar-refractivity contribution in [3.05, 3.63) is 0 Å². The summed E-state index contributed by atoms with van der Waals surface area (Å²) < 4.78 is 0. The van der Waals surface area contributed by atoms with E-state index in [-0.39, 0.29) is 18.4 Å². The molecule has 0 aromatic carbocycles. The van der Waals surface area contributed by atoms with Gasteiger partial charge in [0.15, 0.2) is 0 Å². The van der Waals surface area contributed by atoms with Gasteiger partial charge in [-0.2, -0.15) is 0 Å². The highest BCUT2D eigenvalue weighted by atomic mass is 16.4. The minimum absolute atomic E-state index is 0.0326. The van der Waals surface area contributed by atoms with E-state index in [2.05, 4.69) is 10.6 Å². The molecule has 0 bridgehead atoms. The van der Waals surface area contributed by atoms with Gasteiger partial charge >= 0.3 is 12.0 Å². The summed E-state index contributed by atoms with van der Waals surface area (Å²) in [5.74, 6) is -1.81. The molecule has 1 atom stereocenters. The number of amides is 3. The van der Waals surface area contributed by atoms with E-state index in [1.54, 1.807) is 0 Å². The van der Waals surface area contributed by atoms with Crippen LogP contribution in [0.15, 0.2) is 0 Å². The second-order valence-corrected chi connectivity index (χ2v) is 5.43. The minimum atomic E-state index is -1.20. The summed E-state index contributed by atoms with van der Waals surface area (Å²) in [4.78, 5) is 35.2. The van der Waals surface area contributed by atoms with Gasteiger partial charge in [0.1, 0.15) is 6.04 Å². The molecule has 0 aliphatic carbocycles. The summed E-state index contributed by atoms with van der Waals surface area (Å²) in [5, 5.41) is 13.9. The maximum atomic E-state index is 11.7. The molecule has 0 aromatic rings. The zero-order chi connectivity index (χ0) is 15.9. The first-order chi connectivity index (χ1) is 9.06. The van der Waals surface area contributed by atoms with E-state index in [1.807, 2.05) is 32.8 Å². The van der Waals surface area contributed by atoms with E-state index in [0.29, 0.717) is 6.54 Å². The van der Waals surface area contributed by atoms with E-state index < -0.39 is 23.9 Å². The van der Waals surface area contributed by atoms with Gasteiger partial charge in [0.25, 0.3) is 0 Å². The quantitative estimate of drug-likeness (QED) is 0.472. The van der Waals surface area contributed by atoms with Crippen LogP contribution in [0.2, 0.25) is 0 Å². The number of carbonyl (C=O) groups is 3. The highest BCUT2D eigenvalue weighted by molar-refractivity contribution is 5.83. The molecule has 8 heteroatoms. The molecule has 116 valence electrons. The summed E-state index contributed by atoms with van der Waals surface area (Å²) in [7, 11) is 3.76. The smallest absolute Gasteiger partial charge is 0.326 e. The van der Waals surface area contributed by atoms with E-state index in [0.717, 1.165) is 0 Å². The van der Waals surface area contributed by atoms with Crippen LogP contribution in [0.5, 0.6) is 0 Å². The van der Waals surface area contributed by atoms with Gasteiger partial charge in [0.05, 0.1) is 0 Å². The molecule has 3 amide bonds. The number of hydrogen-bond acceptors (Lipinski definition) is 4. The van der Waals surface area contributed by atoms with Gasteiger partial charge in [-0.25, -0.2) is 9.59 Å². The average Bonchev–Trinajstić information content (AvgIpc) is 2.31. The molecule has 0 heterocycles. The fourth-order valence-electron chi connectivity index (χ4n) is 1.21. The van der Waals surface area contributed by atoms with Crippen molar-refractivity contribution in [1.29, 1.82) is 0 Å². The second kappa shape index (κ2) is 7.68. The number of carboxylic acid groups (broad SMARTS) is 1. The monoisotopic (exact) mass is 288 g/mol. The Hall–Kier alpha value is -1.83. The Kier molecular flexibility index (Phi) is 6.98. The van der Waals surface area contributed by atoms with Crippen LogP contribution < -0.4 is 16.4 Å². The molecule has 20 heavy (non-hydrogen) atoms. The molecular formula is C12H24N4O4. The first kappa shape index (κ1) is 18.2. The number of likely N-dealkylation sites (N-methyl/N-ethyl adjacent to an activating group) is 1. The molecule has 0 aliphatic rings. The largest absolute Gasteiger partial charge is 0.480 e. The summed E-state index contributed by atoms with van der Waals surface area (Å²) in [6.45, 7) is 4.23. The van der Waals surface area contributed by atoms with E-state index in [4.69, 9.17) is 10.8 Å². The summed E-state index contributed by atoms with van der Waals surface area (Å²) in [6, 6.07) is -1.72. The Bertz CT molecular complexity index is 368. The van der Waals surface area contributed by atoms with Crippen molar-refractivity contribution < 1.29 is 19.5 Å². The third kappa shape index (κ3) is 6.93. The Morgan fingerprint density at radius 3 is 2.25 bits per heavy atom.